The standard InChI is InChI=1S/C14H14N2O2.ClH/c15-14(17)16-10-11-5-4-8-13(9-11)18-12-6-2-1-3-7-12;/h1-9H,10H2,(H3,15,16,17);1H. The van der Waals surface area contributed by atoms with Crippen LogP contribution in [-0.2, 0) is 6.54 Å². The summed E-state index contributed by atoms with van der Waals surface area (Å²) in [4.78, 5) is 10.6. The number of carbonyl (C=O) groups excluding carboxylic acids is 1. The molecular formula is C14H15ClN2O2. The van der Waals surface area contributed by atoms with Crippen LogP contribution >= 0.6 is 12.4 Å². The first-order valence-electron chi connectivity index (χ1n) is 5.59. The van der Waals surface area contributed by atoms with E-state index in [4.69, 9.17) is 10.5 Å². The van der Waals surface area contributed by atoms with E-state index in [9.17, 15) is 4.79 Å². The Morgan fingerprint density at radius 3 is 2.42 bits per heavy atom. The monoisotopic (exact) mass is 278 g/mol. The van der Waals surface area contributed by atoms with Gasteiger partial charge in [-0.05, 0) is 29.8 Å². The summed E-state index contributed by atoms with van der Waals surface area (Å²) in [5, 5.41) is 2.54. The van der Waals surface area contributed by atoms with Gasteiger partial charge in [0.2, 0.25) is 0 Å². The predicted molar refractivity (Wildman–Crippen MR) is 76.6 cm³/mol. The maximum absolute atomic E-state index is 10.6. The lowest BCUT2D eigenvalue weighted by Gasteiger charge is -2.07. The van der Waals surface area contributed by atoms with Crippen LogP contribution in [-0.4, -0.2) is 6.03 Å². The van der Waals surface area contributed by atoms with Gasteiger partial charge in [0.25, 0.3) is 0 Å². The van der Waals surface area contributed by atoms with Crippen molar-refractivity contribution >= 4 is 18.4 Å². The summed E-state index contributed by atoms with van der Waals surface area (Å²) in [5.41, 5.74) is 5.95. The van der Waals surface area contributed by atoms with Gasteiger partial charge in [0, 0.05) is 6.54 Å². The fraction of sp³-hybridized carbons (Fsp3) is 0.0714. The van der Waals surface area contributed by atoms with E-state index < -0.39 is 6.03 Å². The maximum atomic E-state index is 10.6. The van der Waals surface area contributed by atoms with Crippen molar-refractivity contribution in [3.05, 3.63) is 60.2 Å². The van der Waals surface area contributed by atoms with Crippen molar-refractivity contribution in [2.45, 2.75) is 6.54 Å². The molecule has 0 heterocycles. The number of urea groups is 1. The van der Waals surface area contributed by atoms with Gasteiger partial charge in [0.1, 0.15) is 11.5 Å². The Bertz CT molecular complexity index is 532. The molecule has 0 aromatic heterocycles. The van der Waals surface area contributed by atoms with Crippen LogP contribution in [0.4, 0.5) is 4.79 Å². The molecule has 0 atom stereocenters. The molecule has 2 amide bonds. The lowest BCUT2D eigenvalue weighted by atomic mass is 10.2. The minimum absolute atomic E-state index is 0. The number of carbonyl (C=O) groups is 1. The molecule has 100 valence electrons. The number of para-hydroxylation sites is 1. The zero-order valence-corrected chi connectivity index (χ0v) is 11.0. The van der Waals surface area contributed by atoms with Crippen LogP contribution in [0.1, 0.15) is 5.56 Å². The second-order valence-corrected chi connectivity index (χ2v) is 3.78. The Labute approximate surface area is 118 Å². The largest absolute Gasteiger partial charge is 0.457 e. The lowest BCUT2D eigenvalue weighted by molar-refractivity contribution is 0.248. The number of amides is 2. The smallest absolute Gasteiger partial charge is 0.312 e. The third kappa shape index (κ3) is 4.89. The van der Waals surface area contributed by atoms with Crippen LogP contribution in [0.25, 0.3) is 0 Å². The minimum Gasteiger partial charge on any atom is -0.457 e. The fourth-order valence-corrected chi connectivity index (χ4v) is 1.53. The number of nitrogens with two attached hydrogens (primary N) is 1. The van der Waals surface area contributed by atoms with Gasteiger partial charge >= 0.3 is 6.03 Å². The van der Waals surface area contributed by atoms with E-state index in [1.54, 1.807) is 0 Å². The molecule has 5 heteroatoms. The van der Waals surface area contributed by atoms with Gasteiger partial charge in [0.05, 0.1) is 0 Å². The highest BCUT2D eigenvalue weighted by molar-refractivity contribution is 5.85. The summed E-state index contributed by atoms with van der Waals surface area (Å²) < 4.78 is 5.68. The van der Waals surface area contributed by atoms with E-state index in [0.717, 1.165) is 17.1 Å². The summed E-state index contributed by atoms with van der Waals surface area (Å²) in [6.07, 6.45) is 0. The molecule has 0 saturated heterocycles. The number of primary amides is 1. The van der Waals surface area contributed by atoms with Crippen molar-refractivity contribution < 1.29 is 9.53 Å². The number of hydrogen-bond donors (Lipinski definition) is 2. The predicted octanol–water partition coefficient (Wildman–Crippen LogP) is 3.07. The highest BCUT2D eigenvalue weighted by Gasteiger charge is 1.99. The lowest BCUT2D eigenvalue weighted by Crippen LogP contribution is -2.28. The molecule has 0 aliphatic heterocycles. The normalized spacial score (nSPS) is 9.26. The van der Waals surface area contributed by atoms with Gasteiger partial charge in [-0.1, -0.05) is 30.3 Å². The number of halogens is 1. The highest BCUT2D eigenvalue weighted by Crippen LogP contribution is 2.21. The third-order valence-electron chi connectivity index (χ3n) is 2.34. The molecule has 2 aromatic rings. The number of rotatable bonds is 4. The van der Waals surface area contributed by atoms with Gasteiger partial charge < -0.3 is 15.8 Å². The summed E-state index contributed by atoms with van der Waals surface area (Å²) in [6.45, 7) is 0.390. The minimum atomic E-state index is -0.538. The molecule has 0 fully saturated rings. The molecule has 0 bridgehead atoms. The van der Waals surface area contributed by atoms with Crippen LogP contribution in [0.3, 0.4) is 0 Å². The highest BCUT2D eigenvalue weighted by atomic mass is 35.5. The Kier molecular flexibility index (Phi) is 5.70. The molecule has 0 unspecified atom stereocenters. The summed E-state index contributed by atoms with van der Waals surface area (Å²) in [7, 11) is 0. The molecule has 0 aliphatic carbocycles. The first-order chi connectivity index (χ1) is 8.74. The molecule has 19 heavy (non-hydrogen) atoms. The van der Waals surface area contributed by atoms with Crippen LogP contribution in [0, 0.1) is 0 Å². The van der Waals surface area contributed by atoms with Crippen LogP contribution < -0.4 is 15.8 Å². The van der Waals surface area contributed by atoms with E-state index in [2.05, 4.69) is 5.32 Å². The second kappa shape index (κ2) is 7.28. The summed E-state index contributed by atoms with van der Waals surface area (Å²) in [5.74, 6) is 1.50. The van der Waals surface area contributed by atoms with Gasteiger partial charge in [-0.3, -0.25) is 0 Å². The summed E-state index contributed by atoms with van der Waals surface area (Å²) >= 11 is 0. The zero-order valence-electron chi connectivity index (χ0n) is 10.2. The van der Waals surface area contributed by atoms with Gasteiger partial charge in [-0.25, -0.2) is 4.79 Å². The number of ether oxygens (including phenoxy) is 1. The van der Waals surface area contributed by atoms with Crippen LogP contribution in [0.15, 0.2) is 54.6 Å². The third-order valence-corrected chi connectivity index (χ3v) is 2.34. The van der Waals surface area contributed by atoms with Crippen molar-refractivity contribution in [2.24, 2.45) is 5.73 Å². The van der Waals surface area contributed by atoms with E-state index in [-0.39, 0.29) is 12.4 Å². The topological polar surface area (TPSA) is 64.4 Å². The number of hydrogen-bond acceptors (Lipinski definition) is 2. The first kappa shape index (κ1) is 14.9. The van der Waals surface area contributed by atoms with E-state index >= 15 is 0 Å². The molecule has 0 saturated carbocycles. The van der Waals surface area contributed by atoms with E-state index in [0.29, 0.717) is 6.54 Å². The van der Waals surface area contributed by atoms with Gasteiger partial charge in [0.15, 0.2) is 0 Å². The maximum Gasteiger partial charge on any atom is 0.312 e. The SMILES string of the molecule is Cl.NC(=O)NCc1cccc(Oc2ccccc2)c1. The van der Waals surface area contributed by atoms with Crippen LogP contribution in [0.5, 0.6) is 11.5 Å². The van der Waals surface area contributed by atoms with Crippen molar-refractivity contribution in [3.8, 4) is 11.5 Å². The molecule has 2 aromatic carbocycles. The summed E-state index contributed by atoms with van der Waals surface area (Å²) in [6, 6.07) is 16.5. The zero-order chi connectivity index (χ0) is 12.8. The quantitative estimate of drug-likeness (QED) is 0.903. The Morgan fingerprint density at radius 1 is 1.05 bits per heavy atom. The molecule has 4 nitrogen and oxygen atoms in total. The molecular weight excluding hydrogens is 264 g/mol. The van der Waals surface area contributed by atoms with Gasteiger partial charge in [-0.2, -0.15) is 0 Å². The Hall–Kier alpha value is -2.20. The molecule has 2 rings (SSSR count). The molecule has 0 radical (unpaired) electrons. The Balaban J connectivity index is 0.00000180. The second-order valence-electron chi connectivity index (χ2n) is 3.78. The van der Waals surface area contributed by atoms with Crippen molar-refractivity contribution in [1.29, 1.82) is 0 Å². The van der Waals surface area contributed by atoms with Gasteiger partial charge in [-0.15, -0.1) is 12.4 Å². The number of benzene rings is 2. The number of nitrogens with one attached hydrogen (secondary N) is 1. The average molecular weight is 279 g/mol. The van der Waals surface area contributed by atoms with Crippen molar-refractivity contribution in [3.63, 3.8) is 0 Å². The van der Waals surface area contributed by atoms with Crippen LogP contribution in [0.2, 0.25) is 0 Å². The first-order valence-corrected chi connectivity index (χ1v) is 5.59. The van der Waals surface area contributed by atoms with Crippen molar-refractivity contribution in [1.82, 2.24) is 5.32 Å². The van der Waals surface area contributed by atoms with E-state index in [1.807, 2.05) is 54.6 Å². The average Bonchev–Trinajstić information content (AvgIpc) is 2.38. The Morgan fingerprint density at radius 2 is 1.74 bits per heavy atom. The van der Waals surface area contributed by atoms with E-state index in [1.165, 1.54) is 0 Å². The fourth-order valence-electron chi connectivity index (χ4n) is 1.53. The molecule has 0 aliphatic rings. The molecule has 0 spiro atoms. The molecule has 3 N–H and O–H groups in total. The van der Waals surface area contributed by atoms with Crippen molar-refractivity contribution in [2.75, 3.05) is 0 Å².